The first-order valence-electron chi connectivity index (χ1n) is 5.52. The Hall–Kier alpha value is -0.310. The van der Waals surface area contributed by atoms with Gasteiger partial charge in [-0.05, 0) is 59.0 Å². The third-order valence-electron chi connectivity index (χ3n) is 2.92. The summed E-state index contributed by atoms with van der Waals surface area (Å²) in [5.41, 5.74) is 3.88. The Kier molecular flexibility index (Phi) is 4.29. The zero-order valence-corrected chi connectivity index (χ0v) is 13.0. The van der Waals surface area contributed by atoms with Crippen molar-refractivity contribution < 1.29 is 0 Å². The Morgan fingerprint density at radius 3 is 2.59 bits per heavy atom. The summed E-state index contributed by atoms with van der Waals surface area (Å²) in [6.45, 7) is 4.26. The fourth-order valence-corrected chi connectivity index (χ4v) is 4.14. The van der Waals surface area contributed by atoms with Crippen LogP contribution in [0.1, 0.15) is 26.9 Å². The van der Waals surface area contributed by atoms with Crippen molar-refractivity contribution in [3.8, 4) is 0 Å². The van der Waals surface area contributed by atoms with E-state index in [0.717, 1.165) is 10.2 Å². The van der Waals surface area contributed by atoms with Gasteiger partial charge < -0.3 is 0 Å². The monoisotopic (exact) mass is 328 g/mol. The van der Waals surface area contributed by atoms with Gasteiger partial charge in [-0.2, -0.15) is 0 Å². The van der Waals surface area contributed by atoms with Gasteiger partial charge in [-0.3, -0.25) is 0 Å². The molecule has 0 N–H and O–H groups in total. The SMILES string of the molecule is Cc1ccccc1CC(Cl)c1cc(Br)sc1C. The maximum Gasteiger partial charge on any atom is 0.0704 e. The molecule has 0 aliphatic heterocycles. The van der Waals surface area contributed by atoms with Crippen LogP contribution in [-0.4, -0.2) is 0 Å². The van der Waals surface area contributed by atoms with Crippen molar-refractivity contribution in [3.05, 3.63) is 55.7 Å². The van der Waals surface area contributed by atoms with Crippen LogP contribution in [0.25, 0.3) is 0 Å². The van der Waals surface area contributed by atoms with E-state index in [1.165, 1.54) is 21.6 Å². The molecule has 1 aromatic heterocycles. The number of thiophene rings is 1. The summed E-state index contributed by atoms with van der Waals surface area (Å²) in [4.78, 5) is 1.30. The third kappa shape index (κ3) is 3.12. The number of halogens is 2. The van der Waals surface area contributed by atoms with Crippen LogP contribution in [0.2, 0.25) is 0 Å². The molecule has 0 fully saturated rings. The second-order valence-corrected chi connectivity index (χ2v) is 7.32. The topological polar surface area (TPSA) is 0 Å². The highest BCUT2D eigenvalue weighted by Gasteiger charge is 2.15. The second-order valence-electron chi connectivity index (χ2n) is 4.16. The Labute approximate surface area is 120 Å². The van der Waals surface area contributed by atoms with Crippen molar-refractivity contribution in [3.63, 3.8) is 0 Å². The molecule has 1 heterocycles. The number of alkyl halides is 1. The number of hydrogen-bond donors (Lipinski definition) is 0. The maximum atomic E-state index is 6.52. The zero-order valence-electron chi connectivity index (χ0n) is 9.84. The largest absolute Gasteiger partial charge is 0.133 e. The van der Waals surface area contributed by atoms with E-state index in [0.29, 0.717) is 0 Å². The lowest BCUT2D eigenvalue weighted by Crippen LogP contribution is -1.97. The average molecular weight is 330 g/mol. The van der Waals surface area contributed by atoms with Gasteiger partial charge in [0.2, 0.25) is 0 Å². The minimum Gasteiger partial charge on any atom is -0.133 e. The van der Waals surface area contributed by atoms with E-state index in [1.54, 1.807) is 11.3 Å². The lowest BCUT2D eigenvalue weighted by Gasteiger charge is -2.11. The molecule has 1 unspecified atom stereocenters. The molecule has 0 saturated carbocycles. The fraction of sp³-hybridized carbons (Fsp3) is 0.286. The lowest BCUT2D eigenvalue weighted by molar-refractivity contribution is 0.908. The van der Waals surface area contributed by atoms with Crippen molar-refractivity contribution in [2.75, 3.05) is 0 Å². The summed E-state index contributed by atoms with van der Waals surface area (Å²) in [5.74, 6) is 0. The van der Waals surface area contributed by atoms with Crippen LogP contribution in [0, 0.1) is 13.8 Å². The molecule has 1 atom stereocenters. The van der Waals surface area contributed by atoms with E-state index in [1.807, 2.05) is 0 Å². The first-order valence-corrected chi connectivity index (χ1v) is 7.57. The molecule has 0 amide bonds. The Morgan fingerprint density at radius 2 is 2.00 bits per heavy atom. The van der Waals surface area contributed by atoms with Gasteiger partial charge in [-0.1, -0.05) is 24.3 Å². The summed E-state index contributed by atoms with van der Waals surface area (Å²) < 4.78 is 1.15. The first kappa shape index (κ1) is 13.1. The van der Waals surface area contributed by atoms with E-state index in [2.05, 4.69) is 60.1 Å². The molecule has 0 aliphatic rings. The molecular weight excluding hydrogens is 316 g/mol. The molecule has 0 radical (unpaired) electrons. The molecule has 2 aromatic rings. The summed E-state index contributed by atoms with van der Waals surface area (Å²) in [5, 5.41) is 0.0543. The van der Waals surface area contributed by atoms with Crippen LogP contribution in [0.4, 0.5) is 0 Å². The average Bonchev–Trinajstić information content (AvgIpc) is 2.61. The van der Waals surface area contributed by atoms with E-state index in [9.17, 15) is 0 Å². The van der Waals surface area contributed by atoms with Crippen LogP contribution < -0.4 is 0 Å². The fourth-order valence-electron chi connectivity index (χ4n) is 1.91. The number of rotatable bonds is 3. The van der Waals surface area contributed by atoms with Crippen molar-refractivity contribution in [2.24, 2.45) is 0 Å². The van der Waals surface area contributed by atoms with Crippen LogP contribution in [0.3, 0.4) is 0 Å². The normalized spacial score (nSPS) is 12.7. The number of benzene rings is 1. The van der Waals surface area contributed by atoms with Gasteiger partial charge in [-0.25, -0.2) is 0 Å². The van der Waals surface area contributed by atoms with Crippen LogP contribution in [-0.2, 0) is 6.42 Å². The summed E-state index contributed by atoms with van der Waals surface area (Å²) in [6, 6.07) is 10.6. The molecular formula is C14H14BrClS. The van der Waals surface area contributed by atoms with E-state index in [4.69, 9.17) is 11.6 Å². The van der Waals surface area contributed by atoms with Crippen molar-refractivity contribution >= 4 is 38.9 Å². The quantitative estimate of drug-likeness (QED) is 0.638. The maximum absolute atomic E-state index is 6.52. The molecule has 90 valence electrons. The molecule has 1 aromatic carbocycles. The lowest BCUT2D eigenvalue weighted by atomic mass is 10.0. The second kappa shape index (κ2) is 5.55. The van der Waals surface area contributed by atoms with E-state index in [-0.39, 0.29) is 5.38 Å². The van der Waals surface area contributed by atoms with Crippen molar-refractivity contribution in [1.29, 1.82) is 0 Å². The van der Waals surface area contributed by atoms with Crippen LogP contribution >= 0.6 is 38.9 Å². The molecule has 0 bridgehead atoms. The molecule has 0 spiro atoms. The molecule has 3 heteroatoms. The molecule has 0 nitrogen and oxygen atoms in total. The van der Waals surface area contributed by atoms with Gasteiger partial charge >= 0.3 is 0 Å². The predicted molar refractivity (Wildman–Crippen MR) is 80.2 cm³/mol. The van der Waals surface area contributed by atoms with Gasteiger partial charge in [0.15, 0.2) is 0 Å². The highest BCUT2D eigenvalue weighted by Crippen LogP contribution is 2.35. The summed E-state index contributed by atoms with van der Waals surface area (Å²) >= 11 is 11.8. The Morgan fingerprint density at radius 1 is 1.29 bits per heavy atom. The van der Waals surface area contributed by atoms with Gasteiger partial charge in [0.1, 0.15) is 0 Å². The van der Waals surface area contributed by atoms with Crippen molar-refractivity contribution in [1.82, 2.24) is 0 Å². The minimum absolute atomic E-state index is 0.0543. The summed E-state index contributed by atoms with van der Waals surface area (Å²) in [6.07, 6.45) is 0.887. The van der Waals surface area contributed by atoms with Gasteiger partial charge in [0.05, 0.1) is 9.16 Å². The molecule has 2 rings (SSSR count). The highest BCUT2D eigenvalue weighted by molar-refractivity contribution is 9.11. The molecule has 0 saturated heterocycles. The van der Waals surface area contributed by atoms with Crippen LogP contribution in [0.15, 0.2) is 34.1 Å². The number of aryl methyl sites for hydroxylation is 2. The first-order chi connectivity index (χ1) is 8.08. The third-order valence-corrected chi connectivity index (χ3v) is 4.88. The number of hydrogen-bond acceptors (Lipinski definition) is 1. The van der Waals surface area contributed by atoms with Gasteiger partial charge in [0, 0.05) is 4.88 Å². The van der Waals surface area contributed by atoms with Gasteiger partial charge in [-0.15, -0.1) is 22.9 Å². The van der Waals surface area contributed by atoms with Gasteiger partial charge in [0.25, 0.3) is 0 Å². The zero-order chi connectivity index (χ0) is 12.4. The molecule has 0 aliphatic carbocycles. The standard InChI is InChI=1S/C14H14BrClS/c1-9-5-3-4-6-11(9)7-13(16)12-8-14(15)17-10(12)2/h3-6,8,13H,7H2,1-2H3. The van der Waals surface area contributed by atoms with Crippen molar-refractivity contribution in [2.45, 2.75) is 25.6 Å². The van der Waals surface area contributed by atoms with E-state index >= 15 is 0 Å². The predicted octanol–water partition coefficient (Wildman–Crippen LogP) is 5.65. The summed E-state index contributed by atoms with van der Waals surface area (Å²) in [7, 11) is 0. The van der Waals surface area contributed by atoms with E-state index < -0.39 is 0 Å². The molecule has 17 heavy (non-hydrogen) atoms. The Bertz CT molecular complexity index is 519. The smallest absolute Gasteiger partial charge is 0.0704 e. The Balaban J connectivity index is 2.20. The highest BCUT2D eigenvalue weighted by atomic mass is 79.9. The van der Waals surface area contributed by atoms with Crippen LogP contribution in [0.5, 0.6) is 0 Å². The minimum atomic E-state index is 0.0543.